The van der Waals surface area contributed by atoms with Crippen molar-refractivity contribution < 1.29 is 26.7 Å². The van der Waals surface area contributed by atoms with E-state index >= 15 is 0 Å². The van der Waals surface area contributed by atoms with Gasteiger partial charge in [0, 0.05) is 56.8 Å². The first-order valence-corrected chi connectivity index (χ1v) is 18.4. The van der Waals surface area contributed by atoms with E-state index in [0.29, 0.717) is 24.0 Å². The number of rotatable bonds is 11. The predicted molar refractivity (Wildman–Crippen MR) is 175 cm³/mol. The number of carbonyl (C=O) groups excluding carboxylic acids is 1. The molecule has 1 aromatic heterocycles. The highest BCUT2D eigenvalue weighted by atomic mass is 32.2. The molecule has 258 valence electrons. The zero-order valence-corrected chi connectivity index (χ0v) is 28.4. The van der Waals surface area contributed by atoms with Crippen LogP contribution in [0.4, 0.5) is 14.6 Å². The fourth-order valence-corrected chi connectivity index (χ4v) is 9.05. The highest BCUT2D eigenvalue weighted by molar-refractivity contribution is 7.87. The summed E-state index contributed by atoms with van der Waals surface area (Å²) in [5, 5.41) is 0. The number of carbonyl (C=O) groups is 1. The van der Waals surface area contributed by atoms with Crippen LogP contribution in [0, 0.1) is 17.2 Å². The van der Waals surface area contributed by atoms with Gasteiger partial charge >= 0.3 is 0 Å². The maximum Gasteiger partial charge on any atom is 0.279 e. The van der Waals surface area contributed by atoms with Gasteiger partial charge in [0.1, 0.15) is 24.1 Å². The van der Waals surface area contributed by atoms with E-state index in [4.69, 9.17) is 4.74 Å². The monoisotopic (exact) mass is 675 g/mol. The third kappa shape index (κ3) is 7.55. The minimum Gasteiger partial charge on any atom is -0.451 e. The minimum atomic E-state index is -3.58. The summed E-state index contributed by atoms with van der Waals surface area (Å²) in [6.07, 6.45) is 7.82. The maximum atomic E-state index is 14.3. The number of nitrogens with one attached hydrogen (secondary N) is 1. The van der Waals surface area contributed by atoms with Crippen LogP contribution in [0.5, 0.6) is 11.5 Å². The van der Waals surface area contributed by atoms with Crippen LogP contribution >= 0.6 is 0 Å². The van der Waals surface area contributed by atoms with E-state index in [1.165, 1.54) is 28.8 Å². The second kappa shape index (κ2) is 13.9. The van der Waals surface area contributed by atoms with Crippen molar-refractivity contribution in [3.8, 4) is 11.5 Å². The van der Waals surface area contributed by atoms with Crippen molar-refractivity contribution in [3.05, 3.63) is 42.1 Å². The van der Waals surface area contributed by atoms with E-state index in [1.807, 2.05) is 20.8 Å². The topological polar surface area (TPSA) is 111 Å². The summed E-state index contributed by atoms with van der Waals surface area (Å²) in [7, 11) is -3.58. The maximum absolute atomic E-state index is 14.3. The number of nitrogens with zero attached hydrogens (tertiary/aromatic N) is 6. The van der Waals surface area contributed by atoms with E-state index in [0.717, 1.165) is 71.2 Å². The smallest absolute Gasteiger partial charge is 0.279 e. The van der Waals surface area contributed by atoms with E-state index in [9.17, 15) is 22.0 Å². The number of hydrogen-bond acceptors (Lipinski definition) is 8. The Balaban J connectivity index is 0.997. The van der Waals surface area contributed by atoms with Gasteiger partial charge in [0.15, 0.2) is 11.6 Å². The Kier molecular flexibility index (Phi) is 10.0. The van der Waals surface area contributed by atoms with Crippen molar-refractivity contribution in [3.63, 3.8) is 0 Å². The molecular formula is C33H47F2N7O4S. The molecule has 0 radical (unpaired) electrons. The lowest BCUT2D eigenvalue weighted by molar-refractivity contribution is 0.0617. The molecule has 14 heteroatoms. The number of hydrogen-bond donors (Lipinski definition) is 1. The van der Waals surface area contributed by atoms with Crippen LogP contribution in [0.15, 0.2) is 30.7 Å². The van der Waals surface area contributed by atoms with Gasteiger partial charge in [0.25, 0.3) is 16.1 Å². The molecule has 3 saturated heterocycles. The second-order valence-electron chi connectivity index (χ2n) is 14.0. The third-order valence-corrected chi connectivity index (χ3v) is 12.0. The molecule has 0 unspecified atom stereocenters. The molecule has 4 heterocycles. The SMILES string of the molecule is CCN(C(=O)c1cc(F)ccc1Oc1cncnc1N1CC2(CCN(CC3CCC(NS(=O)(=O)N4CC(F)C4)CC3)CC2)C1)C(C)C. The van der Waals surface area contributed by atoms with Crippen molar-refractivity contribution in [2.45, 2.75) is 77.6 Å². The molecule has 47 heavy (non-hydrogen) atoms. The highest BCUT2D eigenvalue weighted by Crippen LogP contribution is 2.45. The Morgan fingerprint density at radius 2 is 1.83 bits per heavy atom. The first-order valence-electron chi connectivity index (χ1n) is 16.9. The van der Waals surface area contributed by atoms with E-state index < -0.39 is 22.2 Å². The summed E-state index contributed by atoms with van der Waals surface area (Å²) in [4.78, 5) is 28.5. The molecule has 3 aliphatic heterocycles. The van der Waals surface area contributed by atoms with Gasteiger partial charge in [-0.2, -0.15) is 17.4 Å². The molecule has 4 aliphatic rings. The Morgan fingerprint density at radius 1 is 1.13 bits per heavy atom. The number of anilines is 1. The summed E-state index contributed by atoms with van der Waals surface area (Å²) < 4.78 is 62.5. The van der Waals surface area contributed by atoms with Crippen LogP contribution in [0.2, 0.25) is 0 Å². The molecule has 4 fully saturated rings. The molecule has 2 aromatic rings. The van der Waals surface area contributed by atoms with Crippen LogP contribution in [0.1, 0.15) is 69.7 Å². The second-order valence-corrected chi connectivity index (χ2v) is 15.8. The Morgan fingerprint density at radius 3 is 2.47 bits per heavy atom. The number of benzene rings is 1. The first kappa shape index (κ1) is 33.9. The van der Waals surface area contributed by atoms with Gasteiger partial charge in [-0.3, -0.25) is 4.79 Å². The summed E-state index contributed by atoms with van der Waals surface area (Å²) >= 11 is 0. The molecule has 6 rings (SSSR count). The van der Waals surface area contributed by atoms with Crippen molar-refractivity contribution in [2.75, 3.05) is 57.3 Å². The van der Waals surface area contributed by atoms with Crippen molar-refractivity contribution in [1.29, 1.82) is 0 Å². The van der Waals surface area contributed by atoms with Gasteiger partial charge < -0.3 is 19.4 Å². The van der Waals surface area contributed by atoms with E-state index in [-0.39, 0.29) is 47.8 Å². The quantitative estimate of drug-likeness (QED) is 0.377. The third-order valence-electron chi connectivity index (χ3n) is 10.4. The largest absolute Gasteiger partial charge is 0.451 e. The Bertz CT molecular complexity index is 1520. The minimum absolute atomic E-state index is 0.0391. The normalized spacial score (nSPS) is 23.8. The van der Waals surface area contributed by atoms with Crippen molar-refractivity contribution >= 4 is 21.9 Å². The van der Waals surface area contributed by atoms with E-state index in [1.54, 1.807) is 11.1 Å². The van der Waals surface area contributed by atoms with Crippen LogP contribution in [-0.2, 0) is 10.2 Å². The zero-order valence-electron chi connectivity index (χ0n) is 27.6. The van der Waals surface area contributed by atoms with Gasteiger partial charge in [-0.25, -0.2) is 18.7 Å². The van der Waals surface area contributed by atoms with Gasteiger partial charge in [-0.1, -0.05) is 0 Å². The van der Waals surface area contributed by atoms with Gasteiger partial charge in [0.05, 0.1) is 11.8 Å². The molecule has 1 N–H and O–H groups in total. The Labute approximate surface area is 276 Å². The average Bonchev–Trinajstić information content (AvgIpc) is 3.01. The lowest BCUT2D eigenvalue weighted by Crippen LogP contribution is -2.61. The standard InChI is InChI=1S/C33H47F2N7O4S/c1-4-42(23(2)3)32(43)28-15-25(34)7-10-29(28)46-30-16-36-22-37-31(30)40-20-33(21-40)11-13-39(14-12-33)17-24-5-8-27(9-6-24)38-47(44,45)41-18-26(35)19-41/h7,10,15-16,22-24,26-27,38H,4-6,8-9,11-14,17-21H2,1-3H3. The summed E-state index contributed by atoms with van der Waals surface area (Å²) in [6.45, 7) is 10.9. The molecule has 1 aliphatic carbocycles. The fourth-order valence-electron chi connectivity index (χ4n) is 7.53. The highest BCUT2D eigenvalue weighted by Gasteiger charge is 2.46. The Hall–Kier alpha value is -2.94. The zero-order chi connectivity index (χ0) is 33.3. The molecular weight excluding hydrogens is 628 g/mol. The fraction of sp³-hybridized carbons (Fsp3) is 0.667. The summed E-state index contributed by atoms with van der Waals surface area (Å²) in [6, 6.07) is 3.88. The van der Waals surface area contributed by atoms with Crippen LogP contribution < -0.4 is 14.4 Å². The number of alkyl halides is 1. The number of ether oxygens (including phenoxy) is 1. The number of aromatic nitrogens is 2. The molecule has 1 spiro atoms. The van der Waals surface area contributed by atoms with Gasteiger partial charge in [0.2, 0.25) is 0 Å². The lowest BCUT2D eigenvalue weighted by Gasteiger charge is -2.54. The molecule has 0 bridgehead atoms. The number of amides is 1. The molecule has 1 amide bonds. The number of halogens is 2. The molecule has 0 atom stereocenters. The number of piperidine rings is 1. The predicted octanol–water partition coefficient (Wildman–Crippen LogP) is 4.23. The molecule has 11 nitrogen and oxygen atoms in total. The van der Waals surface area contributed by atoms with Gasteiger partial charge in [-0.05, 0) is 96.5 Å². The number of likely N-dealkylation sites (tertiary alicyclic amines) is 1. The van der Waals surface area contributed by atoms with Crippen LogP contribution in [0.3, 0.4) is 0 Å². The molecule has 1 saturated carbocycles. The first-order chi connectivity index (χ1) is 22.4. The van der Waals surface area contributed by atoms with E-state index in [2.05, 4.69) is 24.5 Å². The lowest BCUT2D eigenvalue weighted by atomic mass is 9.71. The van der Waals surface area contributed by atoms with Gasteiger partial charge in [-0.15, -0.1) is 0 Å². The molecule has 1 aromatic carbocycles. The van der Waals surface area contributed by atoms with Crippen molar-refractivity contribution in [2.24, 2.45) is 11.3 Å². The summed E-state index contributed by atoms with van der Waals surface area (Å²) in [5.41, 5.74) is 0.376. The summed E-state index contributed by atoms with van der Waals surface area (Å²) in [5.74, 6) is 1.13. The van der Waals surface area contributed by atoms with Crippen LogP contribution in [0.25, 0.3) is 0 Å². The average molecular weight is 676 g/mol. The van der Waals surface area contributed by atoms with Crippen LogP contribution in [-0.4, -0.2) is 109 Å². The van der Waals surface area contributed by atoms with Crippen molar-refractivity contribution in [1.82, 2.24) is 28.8 Å².